The van der Waals surface area contributed by atoms with Crippen molar-refractivity contribution in [3.63, 3.8) is 0 Å². The van der Waals surface area contributed by atoms with Crippen molar-refractivity contribution in [3.8, 4) is 0 Å². The van der Waals surface area contributed by atoms with Gasteiger partial charge in [-0.15, -0.1) is 11.3 Å². The molecule has 0 aliphatic carbocycles. The van der Waals surface area contributed by atoms with Gasteiger partial charge in [0.05, 0.1) is 5.02 Å². The van der Waals surface area contributed by atoms with Crippen LogP contribution in [-0.2, 0) is 9.53 Å². The van der Waals surface area contributed by atoms with E-state index in [9.17, 15) is 14.0 Å². The van der Waals surface area contributed by atoms with Crippen LogP contribution in [0.5, 0.6) is 0 Å². The third-order valence-corrected chi connectivity index (χ3v) is 5.20. The number of nitrogens with zero attached hydrogens (tertiary/aromatic N) is 1. The Bertz CT molecular complexity index is 740. The number of benzene rings is 1. The number of carbonyl (C=O) groups excluding carboxylic acids is 2. The van der Waals surface area contributed by atoms with Gasteiger partial charge in [0.25, 0.3) is 5.91 Å². The van der Waals surface area contributed by atoms with Gasteiger partial charge in [0.2, 0.25) is 0 Å². The molecule has 116 valence electrons. The van der Waals surface area contributed by atoms with Crippen molar-refractivity contribution in [2.45, 2.75) is 12.8 Å². The quantitative estimate of drug-likeness (QED) is 0.803. The van der Waals surface area contributed by atoms with Crippen LogP contribution in [0.2, 0.25) is 5.02 Å². The minimum Gasteiger partial charge on any atom is -0.451 e. The first kappa shape index (κ1) is 15.2. The smallest absolute Gasteiger partial charge is 0.350 e. The lowest BCUT2D eigenvalue weighted by atomic mass is 10.2. The molecule has 2 aromatic rings. The van der Waals surface area contributed by atoms with Crippen molar-refractivity contribution in [1.82, 2.24) is 4.90 Å². The molecule has 1 aromatic heterocycles. The van der Waals surface area contributed by atoms with Crippen molar-refractivity contribution in [3.05, 3.63) is 33.9 Å². The summed E-state index contributed by atoms with van der Waals surface area (Å²) in [5.41, 5.74) is 0. The Balaban J connectivity index is 1.72. The van der Waals surface area contributed by atoms with E-state index in [-0.39, 0.29) is 22.4 Å². The summed E-state index contributed by atoms with van der Waals surface area (Å²) in [6.07, 6.45) is 1.96. The molecule has 0 bridgehead atoms. The Morgan fingerprint density at radius 2 is 2.05 bits per heavy atom. The van der Waals surface area contributed by atoms with Crippen LogP contribution in [0.1, 0.15) is 22.5 Å². The van der Waals surface area contributed by atoms with E-state index in [1.165, 1.54) is 18.2 Å². The van der Waals surface area contributed by atoms with Gasteiger partial charge >= 0.3 is 5.97 Å². The fourth-order valence-electron chi connectivity index (χ4n) is 2.42. The third kappa shape index (κ3) is 2.94. The van der Waals surface area contributed by atoms with E-state index in [4.69, 9.17) is 16.3 Å². The first-order valence-electron chi connectivity index (χ1n) is 6.88. The average molecular weight is 342 g/mol. The molecule has 1 aliphatic rings. The predicted molar refractivity (Wildman–Crippen MR) is 82.9 cm³/mol. The lowest BCUT2D eigenvalue weighted by Gasteiger charge is -2.14. The summed E-state index contributed by atoms with van der Waals surface area (Å²) in [5.74, 6) is -1.25. The molecule has 0 N–H and O–H groups in total. The number of halogens is 2. The summed E-state index contributed by atoms with van der Waals surface area (Å²) in [6, 6.07) is 4.13. The number of hydrogen-bond acceptors (Lipinski definition) is 4. The van der Waals surface area contributed by atoms with Crippen molar-refractivity contribution in [2.75, 3.05) is 19.7 Å². The number of fused-ring (bicyclic) bond motifs is 1. The Labute approximate surface area is 135 Å². The van der Waals surface area contributed by atoms with Gasteiger partial charge in [0.1, 0.15) is 10.7 Å². The molecule has 1 fully saturated rings. The Morgan fingerprint density at radius 3 is 2.77 bits per heavy atom. The maximum absolute atomic E-state index is 13.2. The molecule has 0 unspecified atom stereocenters. The van der Waals surface area contributed by atoms with Gasteiger partial charge < -0.3 is 9.64 Å². The second kappa shape index (κ2) is 6.22. The Kier molecular flexibility index (Phi) is 4.31. The third-order valence-electron chi connectivity index (χ3n) is 3.56. The highest BCUT2D eigenvalue weighted by Crippen LogP contribution is 2.36. The van der Waals surface area contributed by atoms with Crippen LogP contribution in [0.4, 0.5) is 4.39 Å². The molecule has 1 saturated heterocycles. The Morgan fingerprint density at radius 1 is 1.32 bits per heavy atom. The largest absolute Gasteiger partial charge is 0.451 e. The van der Waals surface area contributed by atoms with E-state index in [0.29, 0.717) is 23.2 Å². The van der Waals surface area contributed by atoms with Crippen LogP contribution in [0.15, 0.2) is 18.2 Å². The molecule has 22 heavy (non-hydrogen) atoms. The first-order chi connectivity index (χ1) is 10.6. The maximum Gasteiger partial charge on any atom is 0.350 e. The topological polar surface area (TPSA) is 46.6 Å². The highest BCUT2D eigenvalue weighted by Gasteiger charge is 2.22. The molecule has 3 rings (SSSR count). The summed E-state index contributed by atoms with van der Waals surface area (Å²) < 4.78 is 18.8. The van der Waals surface area contributed by atoms with E-state index in [1.54, 1.807) is 4.90 Å². The van der Waals surface area contributed by atoms with Crippen LogP contribution in [0.3, 0.4) is 0 Å². The van der Waals surface area contributed by atoms with E-state index in [1.807, 2.05) is 0 Å². The molecule has 0 saturated carbocycles. The van der Waals surface area contributed by atoms with E-state index >= 15 is 0 Å². The van der Waals surface area contributed by atoms with Gasteiger partial charge in [-0.25, -0.2) is 9.18 Å². The summed E-state index contributed by atoms with van der Waals surface area (Å²) in [6.45, 7) is 1.12. The number of carbonyl (C=O) groups is 2. The Hall–Kier alpha value is -1.66. The number of amides is 1. The zero-order valence-corrected chi connectivity index (χ0v) is 13.2. The normalized spacial score (nSPS) is 14.5. The molecule has 1 aliphatic heterocycles. The van der Waals surface area contributed by atoms with E-state index < -0.39 is 11.8 Å². The van der Waals surface area contributed by atoms with Crippen molar-refractivity contribution < 1.29 is 18.7 Å². The van der Waals surface area contributed by atoms with Crippen molar-refractivity contribution in [1.29, 1.82) is 0 Å². The van der Waals surface area contributed by atoms with Crippen LogP contribution in [0.25, 0.3) is 10.1 Å². The predicted octanol–water partition coefficient (Wildman–Crippen LogP) is 3.47. The number of hydrogen-bond donors (Lipinski definition) is 0. The zero-order valence-electron chi connectivity index (χ0n) is 11.6. The number of ether oxygens (including phenoxy) is 1. The van der Waals surface area contributed by atoms with Crippen molar-refractivity contribution >= 4 is 44.9 Å². The minimum atomic E-state index is -0.654. The zero-order chi connectivity index (χ0) is 15.7. The standard InChI is InChI=1S/C15H13ClFNO3S/c16-13-10-4-3-9(17)7-11(10)22-14(13)15(20)21-8-12(19)18-5-1-2-6-18/h3-4,7H,1-2,5-6,8H2. The fourth-order valence-corrected chi connectivity index (χ4v) is 3.85. The van der Waals surface area contributed by atoms with Crippen LogP contribution in [-0.4, -0.2) is 36.5 Å². The number of esters is 1. The highest BCUT2D eigenvalue weighted by atomic mass is 35.5. The second-order valence-electron chi connectivity index (χ2n) is 5.05. The molecular formula is C15H13ClFNO3S. The summed E-state index contributed by atoms with van der Waals surface area (Å²) >= 11 is 7.20. The number of likely N-dealkylation sites (tertiary alicyclic amines) is 1. The molecule has 1 amide bonds. The van der Waals surface area contributed by atoms with E-state index in [0.717, 1.165) is 24.2 Å². The molecule has 1 aromatic carbocycles. The van der Waals surface area contributed by atoms with Gasteiger partial charge in [-0.3, -0.25) is 4.79 Å². The monoisotopic (exact) mass is 341 g/mol. The minimum absolute atomic E-state index is 0.191. The first-order valence-corrected chi connectivity index (χ1v) is 8.08. The summed E-state index contributed by atoms with van der Waals surface area (Å²) in [7, 11) is 0. The van der Waals surface area contributed by atoms with Gasteiger partial charge in [-0.1, -0.05) is 11.6 Å². The molecule has 4 nitrogen and oxygen atoms in total. The lowest BCUT2D eigenvalue weighted by molar-refractivity contribution is -0.133. The average Bonchev–Trinajstić information content (AvgIpc) is 3.13. The molecule has 0 atom stereocenters. The van der Waals surface area contributed by atoms with E-state index in [2.05, 4.69) is 0 Å². The molecule has 0 spiro atoms. The van der Waals surface area contributed by atoms with Crippen molar-refractivity contribution in [2.24, 2.45) is 0 Å². The molecular weight excluding hydrogens is 329 g/mol. The second-order valence-corrected chi connectivity index (χ2v) is 6.48. The summed E-state index contributed by atoms with van der Waals surface area (Å²) in [5, 5.41) is 0.838. The SMILES string of the molecule is O=C(OCC(=O)N1CCCC1)c1sc2cc(F)ccc2c1Cl. The molecule has 7 heteroatoms. The maximum atomic E-state index is 13.2. The molecule has 0 radical (unpaired) electrons. The molecule has 2 heterocycles. The van der Waals surface area contributed by atoms with Gasteiger partial charge in [-0.05, 0) is 31.0 Å². The van der Waals surface area contributed by atoms with Gasteiger partial charge in [0, 0.05) is 23.2 Å². The number of rotatable bonds is 3. The van der Waals surface area contributed by atoms with Gasteiger partial charge in [-0.2, -0.15) is 0 Å². The van der Waals surface area contributed by atoms with Crippen LogP contribution in [0, 0.1) is 5.82 Å². The number of thiophene rings is 1. The summed E-state index contributed by atoms with van der Waals surface area (Å²) in [4.78, 5) is 25.8. The van der Waals surface area contributed by atoms with Crippen LogP contribution < -0.4 is 0 Å². The van der Waals surface area contributed by atoms with Crippen LogP contribution >= 0.6 is 22.9 Å². The fraction of sp³-hybridized carbons (Fsp3) is 0.333. The van der Waals surface area contributed by atoms with Gasteiger partial charge in [0.15, 0.2) is 6.61 Å². The lowest BCUT2D eigenvalue weighted by Crippen LogP contribution is -2.31. The highest BCUT2D eigenvalue weighted by molar-refractivity contribution is 7.21.